The molecule has 5 heteroatoms. The summed E-state index contributed by atoms with van der Waals surface area (Å²) >= 11 is 0. The first-order chi connectivity index (χ1) is 10.6. The molecule has 118 valence electrons. The number of rotatable bonds is 7. The van der Waals surface area contributed by atoms with Gasteiger partial charge in [0.25, 0.3) is 0 Å². The molecule has 0 radical (unpaired) electrons. The first-order valence-electron chi connectivity index (χ1n) is 7.81. The lowest BCUT2D eigenvalue weighted by Crippen LogP contribution is -2.32. The molecule has 2 heterocycles. The Morgan fingerprint density at radius 3 is 2.82 bits per heavy atom. The molecule has 0 aliphatic rings. The number of amides is 1. The maximum atomic E-state index is 12.3. The lowest BCUT2D eigenvalue weighted by atomic mass is 9.97. The Balaban J connectivity index is 1.95. The molecule has 1 amide bonds. The lowest BCUT2D eigenvalue weighted by molar-refractivity contribution is -0.122. The van der Waals surface area contributed by atoms with Gasteiger partial charge in [0.05, 0.1) is 6.04 Å². The van der Waals surface area contributed by atoms with Crippen molar-refractivity contribution >= 4 is 5.91 Å². The van der Waals surface area contributed by atoms with Gasteiger partial charge in [-0.2, -0.15) is 0 Å². The molecule has 0 saturated carbocycles. The second-order valence-electron chi connectivity index (χ2n) is 5.72. The van der Waals surface area contributed by atoms with Gasteiger partial charge < -0.3 is 9.88 Å². The third-order valence-corrected chi connectivity index (χ3v) is 3.72. The summed E-state index contributed by atoms with van der Waals surface area (Å²) in [5, 5.41) is 3.12. The van der Waals surface area contributed by atoms with Gasteiger partial charge in [0.2, 0.25) is 5.91 Å². The molecule has 1 atom stereocenters. The highest BCUT2D eigenvalue weighted by atomic mass is 16.1. The van der Waals surface area contributed by atoms with E-state index in [1.54, 1.807) is 12.4 Å². The lowest BCUT2D eigenvalue weighted by Gasteiger charge is -2.22. The second-order valence-corrected chi connectivity index (χ2v) is 5.72. The molecule has 0 aliphatic carbocycles. The minimum atomic E-state index is -0.00497. The fraction of sp³-hybridized carbons (Fsp3) is 0.471. The van der Waals surface area contributed by atoms with Crippen LogP contribution in [0.15, 0.2) is 36.9 Å². The highest BCUT2D eigenvalue weighted by molar-refractivity contribution is 5.76. The molecule has 1 N–H and O–H groups in total. The molecule has 22 heavy (non-hydrogen) atoms. The summed E-state index contributed by atoms with van der Waals surface area (Å²) in [6, 6.07) is 3.90. The van der Waals surface area contributed by atoms with E-state index in [2.05, 4.69) is 36.1 Å². The number of nitrogens with one attached hydrogen (secondary N) is 1. The molecule has 0 fully saturated rings. The van der Waals surface area contributed by atoms with Crippen LogP contribution in [-0.2, 0) is 17.8 Å². The summed E-state index contributed by atoms with van der Waals surface area (Å²) in [5.41, 5.74) is 1.04. The summed E-state index contributed by atoms with van der Waals surface area (Å²) in [5.74, 6) is 1.38. The predicted molar refractivity (Wildman–Crippen MR) is 86.2 cm³/mol. The van der Waals surface area contributed by atoms with E-state index in [-0.39, 0.29) is 11.9 Å². The Morgan fingerprint density at radius 1 is 1.36 bits per heavy atom. The molecule has 2 aromatic rings. The van der Waals surface area contributed by atoms with Crippen molar-refractivity contribution in [2.45, 2.75) is 46.2 Å². The number of imidazole rings is 1. The number of aryl methyl sites for hydroxylation is 2. The highest BCUT2D eigenvalue weighted by Gasteiger charge is 2.18. The first kappa shape index (κ1) is 16.2. The van der Waals surface area contributed by atoms with Crippen molar-refractivity contribution in [1.29, 1.82) is 0 Å². The van der Waals surface area contributed by atoms with Crippen LogP contribution < -0.4 is 5.32 Å². The molecular formula is C17H24N4O. The summed E-state index contributed by atoms with van der Waals surface area (Å²) in [6.45, 7) is 6.93. The van der Waals surface area contributed by atoms with E-state index in [1.165, 1.54) is 0 Å². The fourth-order valence-electron chi connectivity index (χ4n) is 2.52. The molecule has 0 bridgehead atoms. The minimum absolute atomic E-state index is 0.00497. The normalized spacial score (nSPS) is 12.4. The van der Waals surface area contributed by atoms with Gasteiger partial charge in [-0.15, -0.1) is 0 Å². The highest BCUT2D eigenvalue weighted by Crippen LogP contribution is 2.20. The Labute approximate surface area is 131 Å². The van der Waals surface area contributed by atoms with Crippen molar-refractivity contribution in [1.82, 2.24) is 19.9 Å². The third-order valence-electron chi connectivity index (χ3n) is 3.72. The van der Waals surface area contributed by atoms with Crippen molar-refractivity contribution in [3.8, 4) is 0 Å². The summed E-state index contributed by atoms with van der Waals surface area (Å²) in [4.78, 5) is 20.7. The van der Waals surface area contributed by atoms with E-state index in [0.29, 0.717) is 18.9 Å². The zero-order chi connectivity index (χ0) is 15.9. The van der Waals surface area contributed by atoms with Crippen molar-refractivity contribution in [3.63, 3.8) is 0 Å². The summed E-state index contributed by atoms with van der Waals surface area (Å²) < 4.78 is 2.04. The fourth-order valence-corrected chi connectivity index (χ4v) is 2.52. The zero-order valence-corrected chi connectivity index (χ0v) is 13.5. The Morgan fingerprint density at radius 2 is 2.18 bits per heavy atom. The van der Waals surface area contributed by atoms with Gasteiger partial charge in [-0.3, -0.25) is 9.78 Å². The van der Waals surface area contributed by atoms with Crippen LogP contribution in [0, 0.1) is 5.92 Å². The van der Waals surface area contributed by atoms with Gasteiger partial charge >= 0.3 is 0 Å². The Kier molecular flexibility index (Phi) is 5.69. The molecule has 0 spiro atoms. The molecule has 0 saturated heterocycles. The van der Waals surface area contributed by atoms with Gasteiger partial charge in [-0.25, -0.2) is 4.98 Å². The summed E-state index contributed by atoms with van der Waals surface area (Å²) in [6.07, 6.45) is 8.59. The average molecular weight is 300 g/mol. The van der Waals surface area contributed by atoms with E-state index in [0.717, 1.165) is 17.8 Å². The molecule has 0 aromatic carbocycles. The quantitative estimate of drug-likeness (QED) is 0.855. The van der Waals surface area contributed by atoms with Crippen molar-refractivity contribution in [2.75, 3.05) is 0 Å². The maximum Gasteiger partial charge on any atom is 0.222 e. The van der Waals surface area contributed by atoms with Gasteiger partial charge in [0.1, 0.15) is 5.82 Å². The van der Waals surface area contributed by atoms with Gasteiger partial charge in [-0.1, -0.05) is 26.8 Å². The molecule has 2 rings (SSSR count). The predicted octanol–water partition coefficient (Wildman–Crippen LogP) is 2.74. The Bertz CT molecular complexity index is 592. The van der Waals surface area contributed by atoms with Crippen LogP contribution in [-0.4, -0.2) is 20.4 Å². The maximum absolute atomic E-state index is 12.3. The SMILES string of the molecule is CCc1nccn1CCC(=O)N[C@@H](c1cccnc1)C(C)C. The molecule has 0 unspecified atom stereocenters. The molecule has 0 aliphatic heterocycles. The number of carbonyl (C=O) groups is 1. The van der Waals surface area contributed by atoms with Crippen LogP contribution in [0.3, 0.4) is 0 Å². The van der Waals surface area contributed by atoms with E-state index in [1.807, 2.05) is 29.1 Å². The average Bonchev–Trinajstić information content (AvgIpc) is 2.98. The largest absolute Gasteiger partial charge is 0.349 e. The van der Waals surface area contributed by atoms with Crippen LogP contribution in [0.1, 0.15) is 44.6 Å². The van der Waals surface area contributed by atoms with Gasteiger partial charge in [-0.05, 0) is 17.5 Å². The molecular weight excluding hydrogens is 276 g/mol. The van der Waals surface area contributed by atoms with Gasteiger partial charge in [0.15, 0.2) is 0 Å². The van der Waals surface area contributed by atoms with Crippen LogP contribution in [0.2, 0.25) is 0 Å². The molecule has 2 aromatic heterocycles. The number of pyridine rings is 1. The van der Waals surface area contributed by atoms with Crippen LogP contribution >= 0.6 is 0 Å². The number of nitrogens with zero attached hydrogens (tertiary/aromatic N) is 3. The standard InChI is InChI=1S/C17H24N4O/c1-4-15-19-9-11-21(15)10-7-16(22)20-17(13(2)3)14-6-5-8-18-12-14/h5-6,8-9,11-13,17H,4,7,10H2,1-3H3,(H,20,22)/t17-/m1/s1. The number of hydrogen-bond acceptors (Lipinski definition) is 3. The van der Waals surface area contributed by atoms with Crippen molar-refractivity contribution < 1.29 is 4.79 Å². The first-order valence-corrected chi connectivity index (χ1v) is 7.81. The topological polar surface area (TPSA) is 59.8 Å². The number of hydrogen-bond donors (Lipinski definition) is 1. The van der Waals surface area contributed by atoms with E-state index in [9.17, 15) is 4.79 Å². The van der Waals surface area contributed by atoms with Crippen molar-refractivity contribution in [3.05, 3.63) is 48.3 Å². The second kappa shape index (κ2) is 7.73. The smallest absolute Gasteiger partial charge is 0.222 e. The minimum Gasteiger partial charge on any atom is -0.349 e. The zero-order valence-electron chi connectivity index (χ0n) is 13.5. The summed E-state index contributed by atoms with van der Waals surface area (Å²) in [7, 11) is 0. The number of carbonyl (C=O) groups excluding carboxylic acids is 1. The van der Waals surface area contributed by atoms with Crippen LogP contribution in [0.5, 0.6) is 0 Å². The number of aromatic nitrogens is 3. The Hall–Kier alpha value is -2.17. The van der Waals surface area contributed by atoms with Gasteiger partial charge in [0, 0.05) is 44.2 Å². The van der Waals surface area contributed by atoms with E-state index >= 15 is 0 Å². The van der Waals surface area contributed by atoms with Crippen molar-refractivity contribution in [2.24, 2.45) is 5.92 Å². The van der Waals surface area contributed by atoms with E-state index < -0.39 is 0 Å². The van der Waals surface area contributed by atoms with E-state index in [4.69, 9.17) is 0 Å². The monoisotopic (exact) mass is 300 g/mol. The third kappa shape index (κ3) is 4.16. The van der Waals surface area contributed by atoms with Crippen LogP contribution in [0.4, 0.5) is 0 Å². The van der Waals surface area contributed by atoms with Crippen LogP contribution in [0.25, 0.3) is 0 Å². The molecule has 5 nitrogen and oxygen atoms in total.